The number of ketones is 2. The van der Waals surface area contributed by atoms with E-state index in [1.165, 1.54) is 23.5 Å². The number of Topliss-reactive ketones (excluding diaryl/α,β-unsaturated/α-hetero) is 2. The summed E-state index contributed by atoms with van der Waals surface area (Å²) in [5.74, 6) is -0.660. The number of benzene rings is 1. The van der Waals surface area contributed by atoms with Crippen LogP contribution in [0.25, 0.3) is 10.6 Å². The average molecular weight is 391 g/mol. The van der Waals surface area contributed by atoms with Gasteiger partial charge in [0.05, 0.1) is 5.69 Å². The van der Waals surface area contributed by atoms with Crippen molar-refractivity contribution in [2.75, 3.05) is 0 Å². The first-order valence-corrected chi connectivity index (χ1v) is 9.91. The van der Waals surface area contributed by atoms with Crippen molar-refractivity contribution >= 4 is 22.9 Å². The Morgan fingerprint density at radius 2 is 1.78 bits per heavy atom. The third-order valence-corrected chi connectivity index (χ3v) is 6.72. The van der Waals surface area contributed by atoms with Crippen LogP contribution in [0.1, 0.15) is 42.7 Å². The third-order valence-electron chi connectivity index (χ3n) is 5.45. The van der Waals surface area contributed by atoms with Gasteiger partial charge < -0.3 is 4.74 Å². The van der Waals surface area contributed by atoms with Gasteiger partial charge in [-0.2, -0.15) is 8.78 Å². The summed E-state index contributed by atoms with van der Waals surface area (Å²) in [4.78, 5) is 31.2. The minimum Gasteiger partial charge on any atom is -0.435 e. The van der Waals surface area contributed by atoms with Crippen molar-refractivity contribution in [1.29, 1.82) is 0 Å². The molecule has 27 heavy (non-hydrogen) atoms. The van der Waals surface area contributed by atoms with Gasteiger partial charge in [0.1, 0.15) is 16.7 Å². The quantitative estimate of drug-likeness (QED) is 0.698. The minimum absolute atomic E-state index is 0.0148. The zero-order valence-corrected chi connectivity index (χ0v) is 15.6. The van der Waals surface area contributed by atoms with E-state index in [1.54, 1.807) is 12.1 Å². The van der Waals surface area contributed by atoms with Crippen molar-refractivity contribution in [3.8, 4) is 16.3 Å². The highest BCUT2D eigenvalue weighted by molar-refractivity contribution is 7.15. The number of hydrogen-bond acceptors (Lipinski definition) is 5. The van der Waals surface area contributed by atoms with Gasteiger partial charge in [-0.25, -0.2) is 4.98 Å². The molecular weight excluding hydrogens is 372 g/mol. The van der Waals surface area contributed by atoms with E-state index >= 15 is 0 Å². The lowest BCUT2D eigenvalue weighted by Crippen LogP contribution is -2.35. The molecule has 0 radical (unpaired) electrons. The van der Waals surface area contributed by atoms with Crippen LogP contribution in [0.15, 0.2) is 24.3 Å². The Balaban J connectivity index is 1.67. The fourth-order valence-electron chi connectivity index (χ4n) is 4.12. The average Bonchev–Trinajstić information content (AvgIpc) is 3.27. The number of nitrogens with zero attached hydrogens (tertiary/aromatic N) is 1. The van der Waals surface area contributed by atoms with Crippen molar-refractivity contribution in [1.82, 2.24) is 4.98 Å². The molecule has 1 aromatic heterocycles. The molecule has 4 rings (SSSR count). The van der Waals surface area contributed by atoms with Crippen LogP contribution in [0.3, 0.4) is 0 Å². The Morgan fingerprint density at radius 3 is 2.33 bits per heavy atom. The summed E-state index contributed by atoms with van der Waals surface area (Å²) in [5.41, 5.74) is 1.35. The Hall–Kier alpha value is -2.15. The van der Waals surface area contributed by atoms with E-state index in [0.717, 1.165) is 23.3 Å². The predicted molar refractivity (Wildman–Crippen MR) is 97.1 cm³/mol. The molecule has 2 fully saturated rings. The van der Waals surface area contributed by atoms with Gasteiger partial charge in [-0.15, -0.1) is 11.3 Å². The first kappa shape index (κ1) is 18.2. The lowest BCUT2D eigenvalue weighted by molar-refractivity contribution is -0.136. The van der Waals surface area contributed by atoms with Gasteiger partial charge in [0.2, 0.25) is 0 Å². The molecule has 2 aromatic rings. The number of alkyl halides is 2. The molecule has 7 heteroatoms. The summed E-state index contributed by atoms with van der Waals surface area (Å²) >= 11 is 1.45. The normalized spacial score (nSPS) is 24.7. The number of hydrogen-bond donors (Lipinski definition) is 0. The molecule has 1 unspecified atom stereocenters. The minimum atomic E-state index is -2.87. The van der Waals surface area contributed by atoms with E-state index in [0.29, 0.717) is 23.5 Å². The molecule has 0 spiro atoms. The summed E-state index contributed by atoms with van der Waals surface area (Å²) in [5, 5.41) is 0.684. The highest BCUT2D eigenvalue weighted by Crippen LogP contribution is 2.45. The van der Waals surface area contributed by atoms with Gasteiger partial charge in [-0.3, -0.25) is 9.59 Å². The van der Waals surface area contributed by atoms with Crippen LogP contribution in [0, 0.1) is 11.8 Å². The summed E-state index contributed by atoms with van der Waals surface area (Å²) in [6, 6.07) is 6.25. The second-order valence-corrected chi connectivity index (χ2v) is 8.11. The second kappa shape index (κ2) is 7.11. The maximum Gasteiger partial charge on any atom is 0.387 e. The van der Waals surface area contributed by atoms with Crippen LogP contribution >= 0.6 is 11.3 Å². The summed E-state index contributed by atoms with van der Waals surface area (Å²) < 4.78 is 29.0. The Kier molecular flexibility index (Phi) is 4.80. The first-order chi connectivity index (χ1) is 13.0. The van der Waals surface area contributed by atoms with Crippen LogP contribution in [-0.2, 0) is 16.0 Å². The number of thiazole rings is 1. The van der Waals surface area contributed by atoms with Gasteiger partial charge in [-0.05, 0) is 49.9 Å². The standard InChI is InChI=1S/C20H19F2NO3S/c1-2-14-16(15-17(24)11-3-4-12(9-11)18(15)25)23-19(27-14)10-5-7-13(8-6-10)26-20(21)22/h5-8,11-12,15,20H,2-4,9H2,1H3/t11-,12+,15?. The first-order valence-electron chi connectivity index (χ1n) is 9.10. The van der Waals surface area contributed by atoms with Gasteiger partial charge in [-0.1, -0.05) is 6.92 Å². The smallest absolute Gasteiger partial charge is 0.387 e. The molecule has 0 saturated heterocycles. The third kappa shape index (κ3) is 3.29. The van der Waals surface area contributed by atoms with E-state index in [4.69, 9.17) is 0 Å². The zero-order valence-electron chi connectivity index (χ0n) is 14.8. The van der Waals surface area contributed by atoms with Crippen LogP contribution in [0.2, 0.25) is 0 Å². The lowest BCUT2D eigenvalue weighted by Gasteiger charge is -2.24. The van der Waals surface area contributed by atoms with E-state index in [2.05, 4.69) is 9.72 Å². The van der Waals surface area contributed by atoms with Gasteiger partial charge >= 0.3 is 6.61 Å². The number of aromatic nitrogens is 1. The van der Waals surface area contributed by atoms with E-state index < -0.39 is 12.5 Å². The Labute approximate surface area is 159 Å². The van der Waals surface area contributed by atoms with Crippen molar-refractivity contribution in [2.24, 2.45) is 11.8 Å². The number of fused-ring (bicyclic) bond motifs is 2. The molecule has 2 saturated carbocycles. The largest absolute Gasteiger partial charge is 0.435 e. The number of aryl methyl sites for hydroxylation is 1. The fraction of sp³-hybridized carbons (Fsp3) is 0.450. The van der Waals surface area contributed by atoms with Crippen LogP contribution in [0.5, 0.6) is 5.75 Å². The number of carbonyl (C=O) groups excluding carboxylic acids is 2. The molecule has 0 N–H and O–H groups in total. The van der Waals surface area contributed by atoms with Crippen molar-refractivity contribution in [3.63, 3.8) is 0 Å². The number of halogens is 2. The monoisotopic (exact) mass is 391 g/mol. The van der Waals surface area contributed by atoms with Gasteiger partial charge in [0, 0.05) is 22.3 Å². The maximum atomic E-state index is 12.8. The van der Waals surface area contributed by atoms with Crippen molar-refractivity contribution in [2.45, 2.75) is 45.1 Å². The van der Waals surface area contributed by atoms with E-state index in [9.17, 15) is 18.4 Å². The number of carbonyl (C=O) groups is 2. The predicted octanol–water partition coefficient (Wildman–Crippen LogP) is 4.63. The van der Waals surface area contributed by atoms with Crippen LogP contribution < -0.4 is 4.74 Å². The summed E-state index contributed by atoms with van der Waals surface area (Å²) in [6.45, 7) is -0.889. The lowest BCUT2D eigenvalue weighted by atomic mass is 9.77. The van der Waals surface area contributed by atoms with E-state index in [1.807, 2.05) is 6.92 Å². The SMILES string of the molecule is CCc1sc(-c2ccc(OC(F)F)cc2)nc1C1C(=O)[C@@H]2CC[C@@H](C2)C1=O. The molecule has 3 atom stereocenters. The molecule has 0 aliphatic heterocycles. The molecule has 1 aromatic carbocycles. The summed E-state index contributed by atoms with van der Waals surface area (Å²) in [7, 11) is 0. The topological polar surface area (TPSA) is 56.3 Å². The highest BCUT2D eigenvalue weighted by atomic mass is 32.1. The maximum absolute atomic E-state index is 12.8. The molecule has 4 nitrogen and oxygen atoms in total. The Bertz CT molecular complexity index is 856. The fourth-order valence-corrected chi connectivity index (χ4v) is 5.17. The van der Waals surface area contributed by atoms with Crippen molar-refractivity contribution in [3.05, 3.63) is 34.8 Å². The molecule has 2 aliphatic carbocycles. The highest BCUT2D eigenvalue weighted by Gasteiger charge is 2.48. The molecule has 2 aliphatic rings. The van der Waals surface area contributed by atoms with Crippen molar-refractivity contribution < 1.29 is 23.1 Å². The molecular formula is C20H19F2NO3S. The zero-order chi connectivity index (χ0) is 19.1. The molecule has 0 amide bonds. The van der Waals surface area contributed by atoms with Crippen LogP contribution in [-0.4, -0.2) is 23.2 Å². The molecule has 2 bridgehead atoms. The number of rotatable bonds is 5. The number of ether oxygens (including phenoxy) is 1. The molecule has 1 heterocycles. The van der Waals surface area contributed by atoms with E-state index in [-0.39, 0.29) is 29.2 Å². The summed E-state index contributed by atoms with van der Waals surface area (Å²) in [6.07, 6.45) is 2.98. The second-order valence-electron chi connectivity index (χ2n) is 7.03. The Morgan fingerprint density at radius 1 is 1.15 bits per heavy atom. The molecule has 142 valence electrons. The van der Waals surface area contributed by atoms with Crippen LogP contribution in [0.4, 0.5) is 8.78 Å². The van der Waals surface area contributed by atoms with Gasteiger partial charge in [0.25, 0.3) is 0 Å². The van der Waals surface area contributed by atoms with Gasteiger partial charge in [0.15, 0.2) is 11.6 Å².